The number of aryl methyl sites for hydroxylation is 1. The van der Waals surface area contributed by atoms with E-state index in [1.54, 1.807) is 61.9 Å². The van der Waals surface area contributed by atoms with E-state index in [-0.39, 0.29) is 17.2 Å². The Bertz CT molecular complexity index is 1940. The summed E-state index contributed by atoms with van der Waals surface area (Å²) in [5, 5.41) is 11.9. The first-order valence-corrected chi connectivity index (χ1v) is 14.7. The fourth-order valence-corrected chi connectivity index (χ4v) is 5.99. The fraction of sp³-hybridized carbons (Fsp3) is 0.212. The van der Waals surface area contributed by atoms with Gasteiger partial charge in [-0.05, 0) is 73.9 Å². The van der Waals surface area contributed by atoms with Crippen molar-refractivity contribution < 1.29 is 28.9 Å². The minimum atomic E-state index is -1.11. The second kappa shape index (κ2) is 13.0. The molecule has 3 aromatic carbocycles. The van der Waals surface area contributed by atoms with Crippen LogP contribution in [0.25, 0.3) is 6.08 Å². The molecule has 0 fully saturated rings. The molecule has 2 N–H and O–H groups in total. The first-order valence-electron chi connectivity index (χ1n) is 13.8. The largest absolute Gasteiger partial charge is 0.496 e. The van der Waals surface area contributed by atoms with Gasteiger partial charge in [-0.2, -0.15) is 0 Å². The monoisotopic (exact) mass is 613 g/mol. The first kappa shape index (κ1) is 30.3. The molecule has 11 heteroatoms. The van der Waals surface area contributed by atoms with Crippen molar-refractivity contribution in [2.45, 2.75) is 26.8 Å². The Morgan fingerprint density at radius 2 is 1.80 bits per heavy atom. The highest BCUT2D eigenvalue weighted by Crippen LogP contribution is 2.34. The SMILES string of the molecule is CCOc1cc(C=c2sc3n(c2=O)[C@@H](c2ccc(C)c(OC)c2)C(C(=O)Nc2ccccc2)=C(C)N=3)ccc1OCC(=O)O. The third-order valence-electron chi connectivity index (χ3n) is 6.96. The van der Waals surface area contributed by atoms with Gasteiger partial charge in [0.15, 0.2) is 22.9 Å². The number of carbonyl (C=O) groups is 2. The fourth-order valence-electron chi connectivity index (χ4n) is 4.95. The molecule has 0 bridgehead atoms. The molecule has 1 aliphatic heterocycles. The summed E-state index contributed by atoms with van der Waals surface area (Å²) in [6.45, 7) is 5.31. The van der Waals surface area contributed by atoms with Gasteiger partial charge in [0.05, 0.1) is 35.6 Å². The zero-order valence-corrected chi connectivity index (χ0v) is 25.4. The summed E-state index contributed by atoms with van der Waals surface area (Å²) < 4.78 is 18.5. The highest BCUT2D eigenvalue weighted by Gasteiger charge is 2.33. The van der Waals surface area contributed by atoms with Gasteiger partial charge in [-0.3, -0.25) is 14.2 Å². The van der Waals surface area contributed by atoms with Crippen LogP contribution in [-0.2, 0) is 9.59 Å². The predicted octanol–water partition coefficient (Wildman–Crippen LogP) is 4.05. The summed E-state index contributed by atoms with van der Waals surface area (Å²) in [6.07, 6.45) is 1.71. The molecule has 2 heterocycles. The molecule has 44 heavy (non-hydrogen) atoms. The van der Waals surface area contributed by atoms with E-state index in [2.05, 4.69) is 5.32 Å². The lowest BCUT2D eigenvalue weighted by atomic mass is 9.94. The molecule has 0 aliphatic carbocycles. The number of thiazole rings is 1. The van der Waals surface area contributed by atoms with E-state index in [1.165, 1.54) is 11.3 Å². The maximum atomic E-state index is 14.1. The molecule has 0 saturated carbocycles. The average molecular weight is 614 g/mol. The van der Waals surface area contributed by atoms with Gasteiger partial charge in [-0.1, -0.05) is 47.7 Å². The Morgan fingerprint density at radius 3 is 2.50 bits per heavy atom. The summed E-state index contributed by atoms with van der Waals surface area (Å²) in [6, 6.07) is 19.0. The number of carboxylic acid groups (broad SMARTS) is 1. The van der Waals surface area contributed by atoms with Crippen LogP contribution >= 0.6 is 11.3 Å². The van der Waals surface area contributed by atoms with Crippen LogP contribution < -0.4 is 34.4 Å². The Morgan fingerprint density at radius 1 is 1.02 bits per heavy atom. The number of amides is 1. The van der Waals surface area contributed by atoms with Gasteiger partial charge in [-0.15, -0.1) is 0 Å². The van der Waals surface area contributed by atoms with Gasteiger partial charge in [0.1, 0.15) is 5.75 Å². The van der Waals surface area contributed by atoms with Gasteiger partial charge in [0.25, 0.3) is 11.5 Å². The predicted molar refractivity (Wildman–Crippen MR) is 167 cm³/mol. The van der Waals surface area contributed by atoms with Crippen LogP contribution in [0.4, 0.5) is 5.69 Å². The Balaban J connectivity index is 1.64. The molecule has 1 amide bonds. The van der Waals surface area contributed by atoms with E-state index in [0.717, 1.165) is 5.56 Å². The van der Waals surface area contributed by atoms with Crippen molar-refractivity contribution >= 4 is 35.0 Å². The number of carboxylic acids is 1. The van der Waals surface area contributed by atoms with Gasteiger partial charge in [-0.25, -0.2) is 9.79 Å². The Kier molecular flexibility index (Phi) is 8.96. The zero-order chi connectivity index (χ0) is 31.4. The highest BCUT2D eigenvalue weighted by atomic mass is 32.1. The lowest BCUT2D eigenvalue weighted by Crippen LogP contribution is -2.40. The smallest absolute Gasteiger partial charge is 0.341 e. The molecule has 0 spiro atoms. The van der Waals surface area contributed by atoms with Gasteiger partial charge >= 0.3 is 5.97 Å². The van der Waals surface area contributed by atoms with Crippen LogP contribution in [-0.4, -0.2) is 41.9 Å². The van der Waals surface area contributed by atoms with Crippen molar-refractivity contribution in [2.75, 3.05) is 25.6 Å². The minimum Gasteiger partial charge on any atom is -0.496 e. The number of aliphatic carboxylic acids is 1. The number of carbonyl (C=O) groups excluding carboxylic acids is 1. The number of hydrogen-bond acceptors (Lipinski definition) is 8. The molecule has 0 unspecified atom stereocenters. The minimum absolute atomic E-state index is 0.283. The molecular weight excluding hydrogens is 582 g/mol. The van der Waals surface area contributed by atoms with Gasteiger partial charge < -0.3 is 24.6 Å². The van der Waals surface area contributed by atoms with Crippen molar-refractivity contribution in [3.05, 3.63) is 114 Å². The number of hydrogen-bond donors (Lipinski definition) is 2. The van der Waals surface area contributed by atoms with E-state index >= 15 is 0 Å². The molecule has 1 aliphatic rings. The van der Waals surface area contributed by atoms with Crippen LogP contribution in [0.5, 0.6) is 17.2 Å². The summed E-state index contributed by atoms with van der Waals surface area (Å²) in [4.78, 5) is 44.0. The lowest BCUT2D eigenvalue weighted by molar-refractivity contribution is -0.139. The van der Waals surface area contributed by atoms with Crippen LogP contribution in [0.3, 0.4) is 0 Å². The van der Waals surface area contributed by atoms with Gasteiger partial charge in [0.2, 0.25) is 0 Å². The third kappa shape index (κ3) is 6.28. The van der Waals surface area contributed by atoms with E-state index in [4.69, 9.17) is 24.3 Å². The number of rotatable bonds is 10. The second-order valence-corrected chi connectivity index (χ2v) is 11.0. The number of methoxy groups -OCH3 is 1. The first-order chi connectivity index (χ1) is 21.2. The van der Waals surface area contributed by atoms with E-state index < -0.39 is 18.6 Å². The van der Waals surface area contributed by atoms with Crippen molar-refractivity contribution in [1.29, 1.82) is 0 Å². The lowest BCUT2D eigenvalue weighted by Gasteiger charge is -2.26. The van der Waals surface area contributed by atoms with E-state index in [9.17, 15) is 14.4 Å². The number of benzene rings is 3. The summed E-state index contributed by atoms with van der Waals surface area (Å²) in [5.74, 6) is -0.197. The second-order valence-electron chi connectivity index (χ2n) is 9.95. The maximum absolute atomic E-state index is 14.1. The number of ether oxygens (including phenoxy) is 3. The molecular formula is C33H31N3O7S. The van der Waals surface area contributed by atoms with Crippen LogP contribution in [0, 0.1) is 6.92 Å². The summed E-state index contributed by atoms with van der Waals surface area (Å²) >= 11 is 1.21. The molecule has 226 valence electrons. The highest BCUT2D eigenvalue weighted by molar-refractivity contribution is 7.07. The number of nitrogens with zero attached hydrogens (tertiary/aromatic N) is 2. The van der Waals surface area contributed by atoms with Gasteiger partial charge in [0, 0.05) is 5.69 Å². The Hall–Kier alpha value is -5.16. The maximum Gasteiger partial charge on any atom is 0.341 e. The average Bonchev–Trinajstić information content (AvgIpc) is 3.30. The molecule has 1 atom stereocenters. The van der Waals surface area contributed by atoms with Crippen molar-refractivity contribution in [1.82, 2.24) is 4.57 Å². The Labute approximate surface area is 257 Å². The van der Waals surface area contributed by atoms with Crippen molar-refractivity contribution in [3.63, 3.8) is 0 Å². The number of aromatic nitrogens is 1. The normalized spacial score (nSPS) is 14.5. The third-order valence-corrected chi connectivity index (χ3v) is 7.95. The zero-order valence-electron chi connectivity index (χ0n) is 24.6. The quantitative estimate of drug-likeness (QED) is 0.276. The molecule has 1 aromatic heterocycles. The van der Waals surface area contributed by atoms with Crippen LogP contribution in [0.15, 0.2) is 87.8 Å². The standard InChI is InChI=1S/C33H31N3O7S/c1-5-42-26-15-21(12-14-24(26)43-18-28(37)38)16-27-32(40)36-30(22-13-11-19(2)25(17-22)41-4)29(20(3)34-33(36)44-27)31(39)35-23-9-7-6-8-10-23/h6-17,30H,5,18H2,1-4H3,(H,35,39)(H,37,38)/t30-/m0/s1. The molecule has 0 radical (unpaired) electrons. The molecule has 0 saturated heterocycles. The summed E-state index contributed by atoms with van der Waals surface area (Å²) in [5.41, 5.74) is 3.40. The number of fused-ring (bicyclic) bond motifs is 1. The van der Waals surface area contributed by atoms with E-state index in [1.807, 2.05) is 43.3 Å². The van der Waals surface area contributed by atoms with Crippen LogP contribution in [0.1, 0.15) is 36.6 Å². The number of anilines is 1. The van der Waals surface area contributed by atoms with Crippen LogP contribution in [0.2, 0.25) is 0 Å². The number of para-hydroxylation sites is 1. The molecule has 4 aromatic rings. The van der Waals surface area contributed by atoms with Crippen molar-refractivity contribution in [3.8, 4) is 17.2 Å². The van der Waals surface area contributed by atoms with Crippen molar-refractivity contribution in [2.24, 2.45) is 4.99 Å². The summed E-state index contributed by atoms with van der Waals surface area (Å²) in [7, 11) is 1.58. The number of allylic oxidation sites excluding steroid dienone is 1. The van der Waals surface area contributed by atoms with E-state index in [0.29, 0.717) is 55.5 Å². The topological polar surface area (TPSA) is 128 Å². The molecule has 10 nitrogen and oxygen atoms in total. The number of nitrogens with one attached hydrogen (secondary N) is 1. The molecule has 5 rings (SSSR count).